The van der Waals surface area contributed by atoms with Crippen molar-refractivity contribution >= 4 is 23.0 Å². The minimum atomic E-state index is -2.87. The Bertz CT molecular complexity index is 560. The number of para-hydroxylation sites is 1. The standard InChI is InChI=1S/C16H21F2N3OS/c1-11(13-9-5-6-10-14(13)22-15(17)18)20-21-16(23)19-12-7-3-2-4-8-12/h5-6,9-10,12,15H,2-4,7-8H2,1H3,(H2,19,21,23)/b20-11+. The first kappa shape index (κ1) is 17.6. The topological polar surface area (TPSA) is 45.7 Å². The number of rotatable bonds is 5. The molecule has 0 amide bonds. The van der Waals surface area contributed by atoms with Gasteiger partial charge in [0, 0.05) is 11.6 Å². The number of hydrogen-bond acceptors (Lipinski definition) is 3. The molecule has 0 atom stereocenters. The van der Waals surface area contributed by atoms with Gasteiger partial charge in [-0.2, -0.15) is 13.9 Å². The van der Waals surface area contributed by atoms with Crippen molar-refractivity contribution in [2.75, 3.05) is 0 Å². The first-order chi connectivity index (χ1) is 11.1. The Hall–Kier alpha value is -1.76. The van der Waals surface area contributed by atoms with Crippen molar-refractivity contribution in [3.05, 3.63) is 29.8 Å². The van der Waals surface area contributed by atoms with E-state index in [0.29, 0.717) is 22.4 Å². The molecular weight excluding hydrogens is 320 g/mol. The van der Waals surface area contributed by atoms with Crippen molar-refractivity contribution in [1.82, 2.24) is 10.7 Å². The number of nitrogens with zero attached hydrogens (tertiary/aromatic N) is 1. The summed E-state index contributed by atoms with van der Waals surface area (Å²) in [5, 5.41) is 7.85. The van der Waals surface area contributed by atoms with Crippen LogP contribution in [0.5, 0.6) is 5.75 Å². The van der Waals surface area contributed by atoms with Gasteiger partial charge in [-0.1, -0.05) is 31.4 Å². The highest BCUT2D eigenvalue weighted by molar-refractivity contribution is 7.80. The zero-order chi connectivity index (χ0) is 16.7. The normalized spacial score (nSPS) is 16.3. The number of benzene rings is 1. The number of hydrogen-bond donors (Lipinski definition) is 2. The van der Waals surface area contributed by atoms with E-state index in [1.807, 2.05) is 0 Å². The van der Waals surface area contributed by atoms with E-state index in [9.17, 15) is 8.78 Å². The Balaban J connectivity index is 1.95. The zero-order valence-electron chi connectivity index (χ0n) is 13.0. The second-order valence-corrected chi connectivity index (χ2v) is 5.90. The average Bonchev–Trinajstić information content (AvgIpc) is 2.53. The summed E-state index contributed by atoms with van der Waals surface area (Å²) >= 11 is 5.23. The van der Waals surface area contributed by atoms with Crippen LogP contribution in [0.1, 0.15) is 44.6 Å². The highest BCUT2D eigenvalue weighted by atomic mass is 32.1. The lowest BCUT2D eigenvalue weighted by Gasteiger charge is -2.23. The molecule has 0 radical (unpaired) electrons. The van der Waals surface area contributed by atoms with Crippen LogP contribution < -0.4 is 15.5 Å². The van der Waals surface area contributed by atoms with Crippen molar-refractivity contribution in [1.29, 1.82) is 0 Å². The second-order valence-electron chi connectivity index (χ2n) is 5.49. The molecule has 0 spiro atoms. The van der Waals surface area contributed by atoms with Gasteiger partial charge in [0.05, 0.1) is 5.71 Å². The van der Waals surface area contributed by atoms with Crippen LogP contribution in [-0.2, 0) is 0 Å². The van der Waals surface area contributed by atoms with Gasteiger partial charge in [-0.3, -0.25) is 5.43 Å². The molecule has 0 heterocycles. The highest BCUT2D eigenvalue weighted by Crippen LogP contribution is 2.21. The first-order valence-corrected chi connectivity index (χ1v) is 8.12. The molecule has 126 valence electrons. The second kappa shape index (κ2) is 8.76. The smallest absolute Gasteiger partial charge is 0.387 e. The van der Waals surface area contributed by atoms with Gasteiger partial charge in [-0.15, -0.1) is 0 Å². The van der Waals surface area contributed by atoms with Crippen molar-refractivity contribution in [3.63, 3.8) is 0 Å². The Morgan fingerprint density at radius 2 is 1.96 bits per heavy atom. The van der Waals surface area contributed by atoms with Gasteiger partial charge in [0.25, 0.3) is 0 Å². The summed E-state index contributed by atoms with van der Waals surface area (Å²) in [6, 6.07) is 6.92. The van der Waals surface area contributed by atoms with Crippen LogP contribution in [0.15, 0.2) is 29.4 Å². The van der Waals surface area contributed by atoms with Crippen LogP contribution in [0, 0.1) is 0 Å². The molecule has 2 rings (SSSR count). The number of hydrazone groups is 1. The number of alkyl halides is 2. The van der Waals surface area contributed by atoms with Crippen LogP contribution >= 0.6 is 12.2 Å². The van der Waals surface area contributed by atoms with Gasteiger partial charge >= 0.3 is 6.61 Å². The molecule has 4 nitrogen and oxygen atoms in total. The molecule has 7 heteroatoms. The Morgan fingerprint density at radius 3 is 2.65 bits per heavy atom. The van der Waals surface area contributed by atoms with Gasteiger partial charge in [-0.05, 0) is 44.1 Å². The monoisotopic (exact) mass is 341 g/mol. The number of nitrogens with one attached hydrogen (secondary N) is 2. The molecule has 1 aromatic carbocycles. The van der Waals surface area contributed by atoms with E-state index < -0.39 is 6.61 Å². The SMILES string of the molecule is C/C(=N\NC(=S)NC1CCCCC1)c1ccccc1OC(F)F. The van der Waals surface area contributed by atoms with Crippen LogP contribution in [-0.4, -0.2) is 23.5 Å². The molecule has 23 heavy (non-hydrogen) atoms. The predicted molar refractivity (Wildman–Crippen MR) is 91.0 cm³/mol. The highest BCUT2D eigenvalue weighted by Gasteiger charge is 2.14. The van der Waals surface area contributed by atoms with E-state index in [2.05, 4.69) is 20.6 Å². The third-order valence-corrected chi connectivity index (χ3v) is 3.97. The van der Waals surface area contributed by atoms with Crippen LogP contribution in [0.4, 0.5) is 8.78 Å². The lowest BCUT2D eigenvalue weighted by Crippen LogP contribution is -2.41. The minimum absolute atomic E-state index is 0.0942. The summed E-state index contributed by atoms with van der Waals surface area (Å²) in [5.74, 6) is 0.0942. The van der Waals surface area contributed by atoms with Gasteiger partial charge in [0.1, 0.15) is 5.75 Å². The fraction of sp³-hybridized carbons (Fsp3) is 0.500. The molecule has 0 bridgehead atoms. The summed E-state index contributed by atoms with van der Waals surface area (Å²) in [7, 11) is 0. The molecule has 0 saturated heterocycles. The molecule has 1 fully saturated rings. The number of ether oxygens (including phenoxy) is 1. The molecule has 0 aliphatic heterocycles. The third-order valence-electron chi connectivity index (χ3n) is 3.76. The quantitative estimate of drug-likeness (QED) is 0.486. The lowest BCUT2D eigenvalue weighted by molar-refractivity contribution is -0.0499. The minimum Gasteiger partial charge on any atom is -0.434 e. The zero-order valence-corrected chi connectivity index (χ0v) is 13.8. The lowest BCUT2D eigenvalue weighted by atomic mass is 9.96. The summed E-state index contributed by atoms with van der Waals surface area (Å²) in [4.78, 5) is 0. The summed E-state index contributed by atoms with van der Waals surface area (Å²) in [6.45, 7) is -1.16. The third kappa shape index (κ3) is 5.74. The predicted octanol–water partition coefficient (Wildman–Crippen LogP) is 3.81. The number of halogens is 2. The van der Waals surface area contributed by atoms with Crippen LogP contribution in [0.3, 0.4) is 0 Å². The van der Waals surface area contributed by atoms with Crippen molar-refractivity contribution in [2.24, 2.45) is 5.10 Å². The summed E-state index contributed by atoms with van der Waals surface area (Å²) in [5.41, 5.74) is 3.80. The molecule has 0 aromatic heterocycles. The average molecular weight is 341 g/mol. The molecule has 1 aromatic rings. The van der Waals surface area contributed by atoms with E-state index in [-0.39, 0.29) is 5.75 Å². The van der Waals surface area contributed by atoms with Crippen LogP contribution in [0.25, 0.3) is 0 Å². The Kier molecular flexibility index (Phi) is 6.70. The van der Waals surface area contributed by atoms with Crippen molar-refractivity contribution in [2.45, 2.75) is 51.7 Å². The van der Waals surface area contributed by atoms with Crippen LogP contribution in [0.2, 0.25) is 0 Å². The maximum atomic E-state index is 12.4. The van der Waals surface area contributed by atoms with Gasteiger partial charge < -0.3 is 10.1 Å². The van der Waals surface area contributed by atoms with E-state index in [1.165, 1.54) is 25.3 Å². The van der Waals surface area contributed by atoms with E-state index >= 15 is 0 Å². The summed E-state index contributed by atoms with van der Waals surface area (Å²) in [6.07, 6.45) is 5.91. The maximum absolute atomic E-state index is 12.4. The van der Waals surface area contributed by atoms with E-state index in [1.54, 1.807) is 25.1 Å². The molecule has 2 N–H and O–H groups in total. The Labute approximate surface area is 140 Å². The van der Waals surface area contributed by atoms with E-state index in [0.717, 1.165) is 12.8 Å². The molecular formula is C16H21F2N3OS. The van der Waals surface area contributed by atoms with Gasteiger partial charge in [0.2, 0.25) is 0 Å². The molecule has 1 aliphatic rings. The fourth-order valence-corrected chi connectivity index (χ4v) is 2.84. The molecule has 0 unspecified atom stereocenters. The first-order valence-electron chi connectivity index (χ1n) is 7.71. The molecule has 1 saturated carbocycles. The van der Waals surface area contributed by atoms with Gasteiger partial charge in [-0.25, -0.2) is 0 Å². The van der Waals surface area contributed by atoms with Crippen molar-refractivity contribution in [3.8, 4) is 5.75 Å². The summed E-state index contributed by atoms with van der Waals surface area (Å²) < 4.78 is 29.4. The Morgan fingerprint density at radius 1 is 1.26 bits per heavy atom. The fourth-order valence-electron chi connectivity index (χ4n) is 2.62. The van der Waals surface area contributed by atoms with Gasteiger partial charge in [0.15, 0.2) is 5.11 Å². The van der Waals surface area contributed by atoms with Crippen molar-refractivity contribution < 1.29 is 13.5 Å². The van der Waals surface area contributed by atoms with E-state index in [4.69, 9.17) is 12.2 Å². The molecule has 1 aliphatic carbocycles. The maximum Gasteiger partial charge on any atom is 0.387 e. The largest absolute Gasteiger partial charge is 0.434 e. The number of thiocarbonyl (C=S) groups is 1.